The van der Waals surface area contributed by atoms with Crippen LogP contribution in [0.25, 0.3) is 0 Å². The molecule has 1 heterocycles. The fraction of sp³-hybridized carbons (Fsp3) is 0.611. The molecule has 3 rings (SSSR count). The van der Waals surface area contributed by atoms with Crippen LogP contribution in [0.4, 0.5) is 13.2 Å². The van der Waals surface area contributed by atoms with Crippen LogP contribution < -0.4 is 10.6 Å². The lowest BCUT2D eigenvalue weighted by Crippen LogP contribution is -2.47. The predicted molar refractivity (Wildman–Crippen MR) is 108 cm³/mol. The molecular weight excluding hydrogens is 456 g/mol. The summed E-state index contributed by atoms with van der Waals surface area (Å²) in [5.74, 6) is 0.668. The van der Waals surface area contributed by atoms with Gasteiger partial charge >= 0.3 is 6.18 Å². The molecule has 26 heavy (non-hydrogen) atoms. The second-order valence-electron chi connectivity index (χ2n) is 7.05. The van der Waals surface area contributed by atoms with Gasteiger partial charge in [0.15, 0.2) is 5.96 Å². The second kappa shape index (κ2) is 8.77. The van der Waals surface area contributed by atoms with Gasteiger partial charge in [-0.25, -0.2) is 0 Å². The number of aliphatic imine (C=N–C) groups is 1. The Morgan fingerprint density at radius 2 is 1.96 bits per heavy atom. The molecule has 2 N–H and O–H groups in total. The van der Waals surface area contributed by atoms with E-state index in [1.54, 1.807) is 7.05 Å². The average Bonchev–Trinajstić information content (AvgIpc) is 3.25. The first-order valence-corrected chi connectivity index (χ1v) is 8.72. The molecule has 1 aromatic carbocycles. The maximum absolute atomic E-state index is 12.5. The first kappa shape index (κ1) is 21.3. The van der Waals surface area contributed by atoms with Gasteiger partial charge in [-0.15, -0.1) is 24.0 Å². The topological polar surface area (TPSA) is 39.7 Å². The molecule has 1 atom stereocenters. The van der Waals surface area contributed by atoms with E-state index in [-0.39, 0.29) is 35.4 Å². The lowest BCUT2D eigenvalue weighted by atomic mass is 9.96. The van der Waals surface area contributed by atoms with Crippen molar-refractivity contribution in [3.05, 3.63) is 35.9 Å². The molecule has 0 amide bonds. The van der Waals surface area contributed by atoms with E-state index in [0.717, 1.165) is 19.4 Å². The largest absolute Gasteiger partial charge is 0.401 e. The number of rotatable bonds is 5. The summed E-state index contributed by atoms with van der Waals surface area (Å²) in [7, 11) is 1.69. The summed E-state index contributed by atoms with van der Waals surface area (Å²) in [5.41, 5.74) is 1.49. The zero-order valence-electron chi connectivity index (χ0n) is 14.9. The normalized spacial score (nSPS) is 22.6. The first-order chi connectivity index (χ1) is 11.9. The van der Waals surface area contributed by atoms with Crippen LogP contribution in [0, 0.1) is 0 Å². The van der Waals surface area contributed by atoms with E-state index in [1.807, 2.05) is 6.07 Å². The molecule has 4 nitrogen and oxygen atoms in total. The van der Waals surface area contributed by atoms with Gasteiger partial charge in [0.2, 0.25) is 0 Å². The number of likely N-dealkylation sites (tertiary alicyclic amines) is 1. The first-order valence-electron chi connectivity index (χ1n) is 8.72. The van der Waals surface area contributed by atoms with E-state index < -0.39 is 12.7 Å². The van der Waals surface area contributed by atoms with E-state index in [1.165, 1.54) is 10.5 Å². The number of nitrogens with zero attached hydrogens (tertiary/aromatic N) is 2. The van der Waals surface area contributed by atoms with Crippen LogP contribution in [0.2, 0.25) is 0 Å². The van der Waals surface area contributed by atoms with Crippen molar-refractivity contribution in [3.63, 3.8) is 0 Å². The fourth-order valence-corrected chi connectivity index (χ4v) is 3.50. The highest BCUT2D eigenvalue weighted by Crippen LogP contribution is 2.47. The van der Waals surface area contributed by atoms with Crippen molar-refractivity contribution >= 4 is 29.9 Å². The molecule has 1 aromatic rings. The zero-order valence-corrected chi connectivity index (χ0v) is 17.2. The molecule has 2 fully saturated rings. The van der Waals surface area contributed by atoms with Crippen LogP contribution in [0.15, 0.2) is 35.3 Å². The number of hydrogen-bond donors (Lipinski definition) is 2. The Morgan fingerprint density at radius 1 is 1.27 bits per heavy atom. The predicted octanol–water partition coefficient (Wildman–Crippen LogP) is 3.14. The highest BCUT2D eigenvalue weighted by molar-refractivity contribution is 14.0. The Hall–Kier alpha value is -1.03. The number of hydrogen-bond acceptors (Lipinski definition) is 2. The van der Waals surface area contributed by atoms with Gasteiger partial charge in [0, 0.05) is 38.1 Å². The molecule has 146 valence electrons. The van der Waals surface area contributed by atoms with E-state index in [9.17, 15) is 13.2 Å². The highest BCUT2D eigenvalue weighted by atomic mass is 127. The number of halogens is 4. The van der Waals surface area contributed by atoms with Crippen molar-refractivity contribution in [3.8, 4) is 0 Å². The van der Waals surface area contributed by atoms with Crippen LogP contribution in [0.3, 0.4) is 0 Å². The zero-order chi connectivity index (χ0) is 17.9. The third-order valence-electron chi connectivity index (χ3n) is 5.07. The molecule has 1 aliphatic heterocycles. The number of guanidine groups is 1. The van der Waals surface area contributed by atoms with Gasteiger partial charge in [-0.05, 0) is 24.8 Å². The Balaban J connectivity index is 0.00000243. The molecule has 1 saturated carbocycles. The molecule has 0 bridgehead atoms. The quantitative estimate of drug-likeness (QED) is 0.385. The second-order valence-corrected chi connectivity index (χ2v) is 7.05. The standard InChI is InChI=1S/C18H25F3N4.HI/c1-22-16(24-15-7-10-25(11-15)13-18(19,20)21)23-12-17(8-9-17)14-5-3-2-4-6-14;/h2-6,15H,7-13H2,1H3,(H2,22,23,24);1H. The van der Waals surface area contributed by atoms with E-state index in [0.29, 0.717) is 25.5 Å². The van der Waals surface area contributed by atoms with Crippen LogP contribution in [-0.4, -0.2) is 56.3 Å². The molecule has 0 spiro atoms. The third-order valence-corrected chi connectivity index (χ3v) is 5.07. The number of nitrogens with one attached hydrogen (secondary N) is 2. The van der Waals surface area contributed by atoms with Crippen molar-refractivity contribution in [2.24, 2.45) is 4.99 Å². The molecule has 2 aliphatic rings. The SMILES string of the molecule is CN=C(NCC1(c2ccccc2)CC1)NC1CCN(CC(F)(F)F)C1.I. The van der Waals surface area contributed by atoms with Crippen LogP contribution in [-0.2, 0) is 5.41 Å². The van der Waals surface area contributed by atoms with Crippen molar-refractivity contribution < 1.29 is 13.2 Å². The summed E-state index contributed by atoms with van der Waals surface area (Å²) in [6, 6.07) is 10.4. The smallest absolute Gasteiger partial charge is 0.356 e. The Kier molecular flexibility index (Phi) is 7.18. The van der Waals surface area contributed by atoms with Gasteiger partial charge < -0.3 is 10.6 Å². The van der Waals surface area contributed by atoms with Crippen LogP contribution in [0.1, 0.15) is 24.8 Å². The average molecular weight is 482 g/mol. The lowest BCUT2D eigenvalue weighted by Gasteiger charge is -2.22. The summed E-state index contributed by atoms with van der Waals surface area (Å²) < 4.78 is 37.5. The highest BCUT2D eigenvalue weighted by Gasteiger charge is 2.44. The van der Waals surface area contributed by atoms with Crippen molar-refractivity contribution in [1.82, 2.24) is 15.5 Å². The Labute approximate surface area is 169 Å². The molecule has 8 heteroatoms. The van der Waals surface area contributed by atoms with E-state index in [2.05, 4.69) is 39.9 Å². The van der Waals surface area contributed by atoms with Gasteiger partial charge in [0.25, 0.3) is 0 Å². The fourth-order valence-electron chi connectivity index (χ4n) is 3.50. The van der Waals surface area contributed by atoms with E-state index >= 15 is 0 Å². The Bertz CT molecular complexity index is 602. The minimum Gasteiger partial charge on any atom is -0.356 e. The summed E-state index contributed by atoms with van der Waals surface area (Å²) in [4.78, 5) is 5.67. The van der Waals surface area contributed by atoms with E-state index in [4.69, 9.17) is 0 Å². The number of alkyl halides is 3. The van der Waals surface area contributed by atoms with Gasteiger partial charge in [-0.2, -0.15) is 13.2 Å². The summed E-state index contributed by atoms with van der Waals surface area (Å²) in [6.45, 7) is 0.802. The molecule has 0 radical (unpaired) electrons. The van der Waals surface area contributed by atoms with Crippen molar-refractivity contribution in [1.29, 1.82) is 0 Å². The molecule has 1 aliphatic carbocycles. The van der Waals surface area contributed by atoms with Gasteiger partial charge in [-0.1, -0.05) is 30.3 Å². The van der Waals surface area contributed by atoms with Crippen LogP contribution >= 0.6 is 24.0 Å². The number of benzene rings is 1. The minimum atomic E-state index is -4.14. The minimum absolute atomic E-state index is 0. The molecule has 0 aromatic heterocycles. The Morgan fingerprint density at radius 3 is 2.54 bits per heavy atom. The van der Waals surface area contributed by atoms with Gasteiger partial charge in [0.05, 0.1) is 6.54 Å². The molecular formula is C18H26F3IN4. The van der Waals surface area contributed by atoms with Gasteiger partial charge in [0.1, 0.15) is 0 Å². The molecule has 1 saturated heterocycles. The summed E-state index contributed by atoms with van der Waals surface area (Å²) in [5, 5.41) is 6.62. The third kappa shape index (κ3) is 5.73. The maximum atomic E-state index is 12.5. The monoisotopic (exact) mass is 482 g/mol. The van der Waals surface area contributed by atoms with Gasteiger partial charge in [-0.3, -0.25) is 9.89 Å². The molecule has 1 unspecified atom stereocenters. The van der Waals surface area contributed by atoms with Crippen molar-refractivity contribution in [2.45, 2.75) is 36.9 Å². The van der Waals surface area contributed by atoms with Crippen LogP contribution in [0.5, 0.6) is 0 Å². The summed E-state index contributed by atoms with van der Waals surface area (Å²) in [6.07, 6.45) is -1.16. The maximum Gasteiger partial charge on any atom is 0.401 e. The lowest BCUT2D eigenvalue weighted by molar-refractivity contribution is -0.143. The summed E-state index contributed by atoms with van der Waals surface area (Å²) >= 11 is 0. The van der Waals surface area contributed by atoms with Crippen molar-refractivity contribution in [2.75, 3.05) is 33.2 Å².